The van der Waals surface area contributed by atoms with Crippen LogP contribution in [0.4, 0.5) is 11.5 Å². The Kier molecular flexibility index (Phi) is 4.36. The van der Waals surface area contributed by atoms with Gasteiger partial charge in [-0.1, -0.05) is 37.3 Å². The molecule has 1 aliphatic carbocycles. The third kappa shape index (κ3) is 3.57. The van der Waals surface area contributed by atoms with E-state index in [1.807, 2.05) is 0 Å². The van der Waals surface area contributed by atoms with Gasteiger partial charge in [-0.2, -0.15) is 0 Å². The Bertz CT molecular complexity index is 433. The zero-order valence-corrected chi connectivity index (χ0v) is 10.8. The van der Waals surface area contributed by atoms with Crippen molar-refractivity contribution in [3.05, 3.63) is 27.4 Å². The molecule has 0 spiro atoms. The molecule has 18 heavy (non-hydrogen) atoms. The highest BCUT2D eigenvalue weighted by Gasteiger charge is 2.15. The lowest BCUT2D eigenvalue weighted by Crippen LogP contribution is -2.08. The molecule has 0 amide bonds. The minimum Gasteiger partial charge on any atom is -0.370 e. The summed E-state index contributed by atoms with van der Waals surface area (Å²) in [6, 6.07) is 2.67. The first kappa shape index (κ1) is 13.1. The number of nitrogens with zero attached hydrogens (tertiary/aromatic N) is 2. The van der Waals surface area contributed by atoms with Crippen LogP contribution in [-0.2, 0) is 0 Å². The van der Waals surface area contributed by atoms with Gasteiger partial charge in [-0.05, 0) is 12.3 Å². The lowest BCUT2D eigenvalue weighted by molar-refractivity contribution is -0.384. The van der Waals surface area contributed by atoms with Crippen LogP contribution in [0.2, 0.25) is 5.15 Å². The Morgan fingerprint density at radius 2 is 2.17 bits per heavy atom. The number of aromatic nitrogens is 1. The number of nitrogens with one attached hydrogen (secondary N) is 1. The fourth-order valence-electron chi connectivity index (χ4n) is 2.38. The third-order valence-corrected chi connectivity index (χ3v) is 3.52. The Balaban J connectivity index is 1.89. The summed E-state index contributed by atoms with van der Waals surface area (Å²) in [5.41, 5.74) is -0.0293. The van der Waals surface area contributed by atoms with Crippen molar-refractivity contribution in [1.82, 2.24) is 4.98 Å². The molecule has 5 nitrogen and oxygen atoms in total. The molecule has 1 aromatic heterocycles. The molecular weight excluding hydrogens is 254 g/mol. The molecule has 98 valence electrons. The lowest BCUT2D eigenvalue weighted by atomic mass is 10.0. The molecule has 1 N–H and O–H groups in total. The van der Waals surface area contributed by atoms with Crippen molar-refractivity contribution in [3.63, 3.8) is 0 Å². The topological polar surface area (TPSA) is 68.1 Å². The largest absolute Gasteiger partial charge is 0.370 e. The number of hydrogen-bond donors (Lipinski definition) is 1. The van der Waals surface area contributed by atoms with Crippen molar-refractivity contribution in [3.8, 4) is 0 Å². The number of rotatable bonds is 5. The van der Waals surface area contributed by atoms with E-state index in [1.165, 1.54) is 37.8 Å². The molecular formula is C12H16ClN3O2. The van der Waals surface area contributed by atoms with Gasteiger partial charge in [-0.15, -0.1) is 0 Å². The predicted octanol–water partition coefficient (Wildman–Crippen LogP) is 3.64. The van der Waals surface area contributed by atoms with Gasteiger partial charge in [0.25, 0.3) is 5.69 Å². The Labute approximate surface area is 111 Å². The van der Waals surface area contributed by atoms with Crippen LogP contribution in [0, 0.1) is 16.0 Å². The molecule has 0 bridgehead atoms. The third-order valence-electron chi connectivity index (χ3n) is 3.32. The maximum atomic E-state index is 10.7. The van der Waals surface area contributed by atoms with E-state index in [-0.39, 0.29) is 10.8 Å². The van der Waals surface area contributed by atoms with Crippen molar-refractivity contribution in [2.24, 2.45) is 5.92 Å². The van der Waals surface area contributed by atoms with Crippen LogP contribution >= 0.6 is 11.6 Å². The fourth-order valence-corrected chi connectivity index (χ4v) is 2.59. The van der Waals surface area contributed by atoms with Crippen LogP contribution in [0.25, 0.3) is 0 Å². The minimum atomic E-state index is -0.463. The van der Waals surface area contributed by atoms with E-state index in [1.54, 1.807) is 0 Å². The number of hydrogen-bond acceptors (Lipinski definition) is 4. The van der Waals surface area contributed by atoms with E-state index < -0.39 is 4.92 Å². The van der Waals surface area contributed by atoms with Gasteiger partial charge in [0, 0.05) is 6.54 Å². The molecule has 0 aliphatic heterocycles. The second-order valence-corrected chi connectivity index (χ2v) is 5.04. The van der Waals surface area contributed by atoms with E-state index in [4.69, 9.17) is 11.6 Å². The van der Waals surface area contributed by atoms with Crippen LogP contribution in [0.5, 0.6) is 0 Å². The summed E-state index contributed by atoms with van der Waals surface area (Å²) in [6.07, 6.45) is 6.33. The molecule has 0 radical (unpaired) electrons. The normalized spacial score (nSPS) is 15.8. The van der Waals surface area contributed by atoms with E-state index in [9.17, 15) is 10.1 Å². The van der Waals surface area contributed by atoms with Gasteiger partial charge in [0.15, 0.2) is 0 Å². The number of halogens is 1. The highest BCUT2D eigenvalue weighted by atomic mass is 35.5. The van der Waals surface area contributed by atoms with E-state index in [0.29, 0.717) is 5.82 Å². The quantitative estimate of drug-likeness (QED) is 0.503. The van der Waals surface area contributed by atoms with Gasteiger partial charge in [0.2, 0.25) is 0 Å². The smallest absolute Gasteiger partial charge is 0.276 e. The highest BCUT2D eigenvalue weighted by molar-refractivity contribution is 6.29. The average molecular weight is 270 g/mol. The number of pyridine rings is 1. The standard InChI is InChI=1S/C12H16ClN3O2/c13-11-7-10(16(17)18)8-12(15-11)14-6-5-9-3-1-2-4-9/h7-9H,1-6H2,(H,14,15). The maximum absolute atomic E-state index is 10.7. The van der Waals surface area contributed by atoms with Gasteiger partial charge in [-0.25, -0.2) is 4.98 Å². The van der Waals surface area contributed by atoms with Crippen LogP contribution in [0.15, 0.2) is 12.1 Å². The van der Waals surface area contributed by atoms with Gasteiger partial charge >= 0.3 is 0 Å². The van der Waals surface area contributed by atoms with Crippen LogP contribution < -0.4 is 5.32 Å². The van der Waals surface area contributed by atoms with Gasteiger partial charge in [0.1, 0.15) is 11.0 Å². The Hall–Kier alpha value is -1.36. The molecule has 6 heteroatoms. The summed E-state index contributed by atoms with van der Waals surface area (Å²) < 4.78 is 0. The van der Waals surface area contributed by atoms with E-state index >= 15 is 0 Å². The van der Waals surface area contributed by atoms with E-state index in [2.05, 4.69) is 10.3 Å². The fraction of sp³-hybridized carbons (Fsp3) is 0.583. The van der Waals surface area contributed by atoms with Crippen molar-refractivity contribution in [2.75, 3.05) is 11.9 Å². The molecule has 0 aromatic carbocycles. The highest BCUT2D eigenvalue weighted by Crippen LogP contribution is 2.27. The zero-order chi connectivity index (χ0) is 13.0. The number of nitro groups is 1. The summed E-state index contributed by atoms with van der Waals surface area (Å²) in [5, 5.41) is 13.9. The molecule has 1 aromatic rings. The average Bonchev–Trinajstić information content (AvgIpc) is 2.81. The maximum Gasteiger partial charge on any atom is 0.276 e. The summed E-state index contributed by atoms with van der Waals surface area (Å²) in [6.45, 7) is 0.787. The first-order valence-electron chi connectivity index (χ1n) is 6.21. The van der Waals surface area contributed by atoms with Crippen molar-refractivity contribution in [1.29, 1.82) is 0 Å². The molecule has 1 heterocycles. The molecule has 0 unspecified atom stereocenters. The zero-order valence-electron chi connectivity index (χ0n) is 10.1. The first-order chi connectivity index (χ1) is 8.65. The summed E-state index contributed by atoms with van der Waals surface area (Å²) >= 11 is 5.74. The van der Waals surface area contributed by atoms with Crippen LogP contribution in [-0.4, -0.2) is 16.5 Å². The Morgan fingerprint density at radius 1 is 1.44 bits per heavy atom. The second-order valence-electron chi connectivity index (χ2n) is 4.66. The summed E-state index contributed by atoms with van der Waals surface area (Å²) in [7, 11) is 0. The van der Waals surface area contributed by atoms with Gasteiger partial charge in [-0.3, -0.25) is 10.1 Å². The monoisotopic (exact) mass is 269 g/mol. The first-order valence-corrected chi connectivity index (χ1v) is 6.59. The van der Waals surface area contributed by atoms with E-state index in [0.717, 1.165) is 18.9 Å². The molecule has 1 fully saturated rings. The Morgan fingerprint density at radius 3 is 2.83 bits per heavy atom. The molecule has 1 aliphatic rings. The summed E-state index contributed by atoms with van der Waals surface area (Å²) in [5.74, 6) is 1.26. The molecule has 2 rings (SSSR count). The SMILES string of the molecule is O=[N+]([O-])c1cc(Cl)nc(NCCC2CCCC2)c1. The number of anilines is 1. The van der Waals surface area contributed by atoms with Crippen molar-refractivity contribution in [2.45, 2.75) is 32.1 Å². The summed E-state index contributed by atoms with van der Waals surface area (Å²) in [4.78, 5) is 14.2. The molecule has 1 saturated carbocycles. The molecule has 0 saturated heterocycles. The van der Waals surface area contributed by atoms with Crippen LogP contribution in [0.3, 0.4) is 0 Å². The predicted molar refractivity (Wildman–Crippen MR) is 71.0 cm³/mol. The molecule has 0 atom stereocenters. The minimum absolute atomic E-state index is 0.0293. The van der Waals surface area contributed by atoms with Gasteiger partial charge in [0.05, 0.1) is 17.1 Å². The van der Waals surface area contributed by atoms with Crippen molar-refractivity contribution < 1.29 is 4.92 Å². The van der Waals surface area contributed by atoms with Crippen molar-refractivity contribution >= 4 is 23.1 Å². The van der Waals surface area contributed by atoms with Crippen LogP contribution in [0.1, 0.15) is 32.1 Å². The van der Waals surface area contributed by atoms with Gasteiger partial charge < -0.3 is 5.32 Å². The lowest BCUT2D eigenvalue weighted by Gasteiger charge is -2.10. The second kappa shape index (κ2) is 6.00.